The zero-order valence-corrected chi connectivity index (χ0v) is 13.3. The number of para-hydroxylation sites is 1. The van der Waals surface area contributed by atoms with Gasteiger partial charge < -0.3 is 5.32 Å². The van der Waals surface area contributed by atoms with E-state index in [2.05, 4.69) is 17.7 Å². The number of rotatable bonds is 10. The van der Waals surface area contributed by atoms with E-state index in [0.29, 0.717) is 6.61 Å². The van der Waals surface area contributed by atoms with Crippen LogP contribution in [0.5, 0.6) is 0 Å². The summed E-state index contributed by atoms with van der Waals surface area (Å²) in [5.74, 6) is 0. The zero-order valence-electron chi connectivity index (χ0n) is 13.3. The highest BCUT2D eigenvalue weighted by atomic mass is 16.7. The predicted octanol–water partition coefficient (Wildman–Crippen LogP) is 4.80. The molecule has 0 radical (unpaired) electrons. The first-order valence-electron chi connectivity index (χ1n) is 7.98. The first kappa shape index (κ1) is 17.5. The zero-order chi connectivity index (χ0) is 15.3. The minimum atomic E-state index is -0.327. The lowest BCUT2D eigenvalue weighted by Gasteiger charge is -2.09. The van der Waals surface area contributed by atoms with Crippen LogP contribution in [-0.2, 0) is 4.84 Å². The summed E-state index contributed by atoms with van der Waals surface area (Å²) in [7, 11) is 0. The van der Waals surface area contributed by atoms with Crippen molar-refractivity contribution in [1.82, 2.24) is 5.48 Å². The van der Waals surface area contributed by atoms with Gasteiger partial charge in [-0.3, -0.25) is 4.84 Å². The molecule has 0 heterocycles. The van der Waals surface area contributed by atoms with E-state index in [-0.39, 0.29) is 6.03 Å². The Hall–Kier alpha value is -1.55. The van der Waals surface area contributed by atoms with Crippen molar-refractivity contribution in [3.63, 3.8) is 0 Å². The topological polar surface area (TPSA) is 50.4 Å². The molecule has 0 aliphatic carbocycles. The third-order valence-electron chi connectivity index (χ3n) is 3.41. The number of carbonyl (C=O) groups excluding carboxylic acids is 1. The molecular weight excluding hydrogens is 264 g/mol. The molecule has 0 saturated heterocycles. The van der Waals surface area contributed by atoms with Gasteiger partial charge in [-0.25, -0.2) is 10.3 Å². The summed E-state index contributed by atoms with van der Waals surface area (Å²) in [6.45, 7) is 4.74. The molecule has 118 valence electrons. The lowest BCUT2D eigenvalue weighted by atomic mass is 10.1. The van der Waals surface area contributed by atoms with Gasteiger partial charge in [-0.1, -0.05) is 63.6 Å². The average molecular weight is 292 g/mol. The van der Waals surface area contributed by atoms with Gasteiger partial charge in [0.2, 0.25) is 0 Å². The van der Waals surface area contributed by atoms with Crippen LogP contribution in [0.4, 0.5) is 10.5 Å². The second-order valence-corrected chi connectivity index (χ2v) is 5.34. The third kappa shape index (κ3) is 8.35. The molecule has 0 aliphatic rings. The Morgan fingerprint density at radius 1 is 1.05 bits per heavy atom. The molecule has 0 saturated carbocycles. The van der Waals surface area contributed by atoms with E-state index in [9.17, 15) is 4.79 Å². The number of hydrogen-bond donors (Lipinski definition) is 2. The summed E-state index contributed by atoms with van der Waals surface area (Å²) in [4.78, 5) is 16.8. The minimum Gasteiger partial charge on any atom is -0.306 e. The molecule has 4 nitrogen and oxygen atoms in total. The number of unbranched alkanes of at least 4 members (excludes halogenated alkanes) is 6. The molecule has 21 heavy (non-hydrogen) atoms. The predicted molar refractivity (Wildman–Crippen MR) is 87.3 cm³/mol. The Morgan fingerprint density at radius 2 is 1.71 bits per heavy atom. The maximum Gasteiger partial charge on any atom is 0.343 e. The van der Waals surface area contributed by atoms with Crippen molar-refractivity contribution in [1.29, 1.82) is 0 Å². The van der Waals surface area contributed by atoms with Crippen molar-refractivity contribution < 1.29 is 9.63 Å². The Labute approximate surface area is 128 Å². The maximum absolute atomic E-state index is 11.6. The summed E-state index contributed by atoms with van der Waals surface area (Å²) in [5, 5.41) is 2.76. The quantitative estimate of drug-likeness (QED) is 0.481. The van der Waals surface area contributed by atoms with Crippen LogP contribution < -0.4 is 10.8 Å². The van der Waals surface area contributed by atoms with Gasteiger partial charge in [-0.05, 0) is 25.0 Å². The molecular formula is C17H28N2O2. The van der Waals surface area contributed by atoms with Gasteiger partial charge >= 0.3 is 6.03 Å². The van der Waals surface area contributed by atoms with Gasteiger partial charge in [0, 0.05) is 5.69 Å². The van der Waals surface area contributed by atoms with E-state index >= 15 is 0 Å². The molecule has 0 atom stereocenters. The number of urea groups is 1. The first-order chi connectivity index (χ1) is 10.2. The van der Waals surface area contributed by atoms with E-state index in [1.165, 1.54) is 32.1 Å². The standard InChI is InChI=1S/C17H28N2O2/c1-3-4-5-6-7-8-11-14-21-19-17(20)18-16-13-10-9-12-15(16)2/h9-10,12-13H,3-8,11,14H2,1-2H3,(H2,18,19,20). The molecule has 1 aromatic carbocycles. The van der Waals surface area contributed by atoms with E-state index in [1.807, 2.05) is 31.2 Å². The maximum atomic E-state index is 11.6. The third-order valence-corrected chi connectivity index (χ3v) is 3.41. The van der Waals surface area contributed by atoms with Crippen molar-refractivity contribution in [3.8, 4) is 0 Å². The highest BCUT2D eigenvalue weighted by Gasteiger charge is 2.03. The molecule has 0 fully saturated rings. The molecule has 0 unspecified atom stereocenters. The van der Waals surface area contributed by atoms with Gasteiger partial charge in [0.25, 0.3) is 0 Å². The molecule has 0 spiro atoms. The van der Waals surface area contributed by atoms with Gasteiger partial charge in [-0.2, -0.15) is 0 Å². The Kier molecular flexibility index (Phi) is 9.29. The molecule has 2 amide bonds. The van der Waals surface area contributed by atoms with Gasteiger partial charge in [-0.15, -0.1) is 0 Å². The highest BCUT2D eigenvalue weighted by Crippen LogP contribution is 2.12. The Bertz CT molecular complexity index is 408. The van der Waals surface area contributed by atoms with Crippen LogP contribution in [0.3, 0.4) is 0 Å². The summed E-state index contributed by atoms with van der Waals surface area (Å²) >= 11 is 0. The van der Waals surface area contributed by atoms with Crippen molar-refractivity contribution in [2.24, 2.45) is 0 Å². The fourth-order valence-corrected chi connectivity index (χ4v) is 2.11. The number of anilines is 1. The van der Waals surface area contributed by atoms with Gasteiger partial charge in [0.15, 0.2) is 0 Å². The molecule has 4 heteroatoms. The highest BCUT2D eigenvalue weighted by molar-refractivity contribution is 5.89. The Morgan fingerprint density at radius 3 is 2.43 bits per heavy atom. The number of amides is 2. The SMILES string of the molecule is CCCCCCCCCONC(=O)Nc1ccccc1C. The van der Waals surface area contributed by atoms with Crippen LogP contribution in [0.15, 0.2) is 24.3 Å². The Balaban J connectivity index is 2.00. The summed E-state index contributed by atoms with van der Waals surface area (Å²) in [6.07, 6.45) is 8.63. The number of benzene rings is 1. The van der Waals surface area contributed by atoms with Gasteiger partial charge in [0.1, 0.15) is 0 Å². The van der Waals surface area contributed by atoms with Crippen molar-refractivity contribution >= 4 is 11.7 Å². The van der Waals surface area contributed by atoms with Gasteiger partial charge in [0.05, 0.1) is 6.61 Å². The molecule has 0 aromatic heterocycles. The number of carbonyl (C=O) groups is 1. The van der Waals surface area contributed by atoms with Crippen molar-refractivity contribution in [2.75, 3.05) is 11.9 Å². The smallest absolute Gasteiger partial charge is 0.306 e. The molecule has 0 bridgehead atoms. The van der Waals surface area contributed by atoms with E-state index < -0.39 is 0 Å². The average Bonchev–Trinajstić information content (AvgIpc) is 2.48. The normalized spacial score (nSPS) is 10.4. The van der Waals surface area contributed by atoms with Crippen LogP contribution in [0.25, 0.3) is 0 Å². The van der Waals surface area contributed by atoms with E-state index in [4.69, 9.17) is 4.84 Å². The molecule has 2 N–H and O–H groups in total. The summed E-state index contributed by atoms with van der Waals surface area (Å²) in [5.41, 5.74) is 4.25. The minimum absolute atomic E-state index is 0.327. The van der Waals surface area contributed by atoms with Crippen molar-refractivity contribution in [2.45, 2.75) is 58.8 Å². The van der Waals surface area contributed by atoms with Crippen LogP contribution in [0.1, 0.15) is 57.4 Å². The number of hydroxylamine groups is 1. The summed E-state index contributed by atoms with van der Waals surface area (Å²) in [6, 6.07) is 7.32. The monoisotopic (exact) mass is 292 g/mol. The lowest BCUT2D eigenvalue weighted by Crippen LogP contribution is -2.29. The molecule has 1 rings (SSSR count). The van der Waals surface area contributed by atoms with E-state index in [1.54, 1.807) is 0 Å². The number of aryl methyl sites for hydroxylation is 1. The van der Waals surface area contributed by atoms with Crippen molar-refractivity contribution in [3.05, 3.63) is 29.8 Å². The first-order valence-corrected chi connectivity index (χ1v) is 7.98. The molecule has 0 aliphatic heterocycles. The second-order valence-electron chi connectivity index (χ2n) is 5.34. The number of hydrogen-bond acceptors (Lipinski definition) is 2. The second kappa shape index (κ2) is 11.1. The largest absolute Gasteiger partial charge is 0.343 e. The van der Waals surface area contributed by atoms with Crippen LogP contribution in [0, 0.1) is 6.92 Å². The van der Waals surface area contributed by atoms with Crippen LogP contribution in [0.2, 0.25) is 0 Å². The summed E-state index contributed by atoms with van der Waals surface area (Å²) < 4.78 is 0. The van der Waals surface area contributed by atoms with Crippen LogP contribution >= 0.6 is 0 Å². The lowest BCUT2D eigenvalue weighted by molar-refractivity contribution is 0.0631. The van der Waals surface area contributed by atoms with Crippen LogP contribution in [-0.4, -0.2) is 12.6 Å². The fourth-order valence-electron chi connectivity index (χ4n) is 2.11. The fraction of sp³-hybridized carbons (Fsp3) is 0.588. The molecule has 1 aromatic rings. The van der Waals surface area contributed by atoms with E-state index in [0.717, 1.165) is 24.1 Å². The number of nitrogens with one attached hydrogen (secondary N) is 2.